The van der Waals surface area contributed by atoms with Crippen LogP contribution in [0.4, 0.5) is 0 Å². The highest BCUT2D eigenvalue weighted by molar-refractivity contribution is 5.85. The van der Waals surface area contributed by atoms with Gasteiger partial charge in [0.2, 0.25) is 0 Å². The molecule has 0 heterocycles. The van der Waals surface area contributed by atoms with Gasteiger partial charge in [0.1, 0.15) is 0 Å². The first-order valence-corrected chi connectivity index (χ1v) is 7.52. The molecule has 2 aliphatic carbocycles. The summed E-state index contributed by atoms with van der Waals surface area (Å²) in [7, 11) is 0. The molecule has 0 aromatic rings. The van der Waals surface area contributed by atoms with E-state index in [0.29, 0.717) is 13.1 Å². The molecule has 0 atom stereocenters. The molecule has 20 heavy (non-hydrogen) atoms. The first-order valence-electron chi connectivity index (χ1n) is 7.52. The van der Waals surface area contributed by atoms with E-state index < -0.39 is 0 Å². The molecule has 0 radical (unpaired) electrons. The lowest BCUT2D eigenvalue weighted by Gasteiger charge is -2.31. The Bertz CT molecular complexity index is 203. The van der Waals surface area contributed by atoms with Crippen LogP contribution in [0.15, 0.2) is 0 Å². The molecular formula is C14H34Cl2N4. The molecule has 0 amide bonds. The Morgan fingerprint density at radius 2 is 0.800 bits per heavy atom. The van der Waals surface area contributed by atoms with E-state index in [2.05, 4.69) is 0 Å². The summed E-state index contributed by atoms with van der Waals surface area (Å²) in [6.45, 7) is 1.32. The topological polar surface area (TPSA) is 104 Å². The van der Waals surface area contributed by atoms with Gasteiger partial charge in [-0.05, 0) is 25.7 Å². The van der Waals surface area contributed by atoms with E-state index in [1.807, 2.05) is 0 Å². The van der Waals surface area contributed by atoms with Crippen LogP contribution in [-0.2, 0) is 0 Å². The van der Waals surface area contributed by atoms with Crippen LogP contribution in [0.5, 0.6) is 0 Å². The van der Waals surface area contributed by atoms with Crippen LogP contribution >= 0.6 is 24.8 Å². The lowest BCUT2D eigenvalue weighted by molar-refractivity contribution is 0.304. The molecule has 8 N–H and O–H groups in total. The molecule has 0 aliphatic heterocycles. The normalized spacial score (nSPS) is 23.4. The number of nitrogens with two attached hydrogens (primary N) is 4. The highest BCUT2D eigenvalue weighted by atomic mass is 35.5. The van der Waals surface area contributed by atoms with E-state index in [9.17, 15) is 0 Å². The van der Waals surface area contributed by atoms with E-state index in [-0.39, 0.29) is 35.9 Å². The third kappa shape index (κ3) is 8.01. The van der Waals surface area contributed by atoms with Gasteiger partial charge in [0, 0.05) is 24.2 Å². The van der Waals surface area contributed by atoms with Gasteiger partial charge in [0.05, 0.1) is 0 Å². The van der Waals surface area contributed by atoms with Crippen molar-refractivity contribution in [3.8, 4) is 0 Å². The lowest BCUT2D eigenvalue weighted by atomic mass is 9.83. The zero-order valence-electron chi connectivity index (χ0n) is 12.6. The Labute approximate surface area is 136 Å². The predicted molar refractivity (Wildman–Crippen MR) is 92.6 cm³/mol. The monoisotopic (exact) mass is 328 g/mol. The summed E-state index contributed by atoms with van der Waals surface area (Å²) >= 11 is 0. The molecule has 0 spiro atoms. The third-order valence-corrected chi connectivity index (χ3v) is 4.51. The predicted octanol–water partition coefficient (Wildman–Crippen LogP) is 2.06. The van der Waals surface area contributed by atoms with E-state index in [1.165, 1.54) is 38.5 Å². The Morgan fingerprint density at radius 3 is 0.950 bits per heavy atom. The van der Waals surface area contributed by atoms with E-state index in [1.54, 1.807) is 0 Å². The largest absolute Gasteiger partial charge is 0.329 e. The number of hydrogen-bond acceptors (Lipinski definition) is 4. The molecule has 2 rings (SSSR count). The summed E-state index contributed by atoms with van der Waals surface area (Å²) < 4.78 is 0. The maximum atomic E-state index is 5.93. The SMILES string of the molecule is Cl.Cl.NCC1(N)CCCCC1.NCC1(N)CCCCC1. The van der Waals surface area contributed by atoms with Crippen LogP contribution in [0.1, 0.15) is 64.2 Å². The van der Waals surface area contributed by atoms with Crippen molar-refractivity contribution in [3.05, 3.63) is 0 Å². The molecular weight excluding hydrogens is 295 g/mol. The average Bonchev–Trinajstić information content (AvgIpc) is 2.41. The molecule has 0 aromatic carbocycles. The average molecular weight is 329 g/mol. The first-order chi connectivity index (χ1) is 8.54. The summed E-state index contributed by atoms with van der Waals surface area (Å²) in [5, 5.41) is 0. The van der Waals surface area contributed by atoms with Gasteiger partial charge >= 0.3 is 0 Å². The van der Waals surface area contributed by atoms with Gasteiger partial charge in [0.15, 0.2) is 0 Å². The molecule has 0 unspecified atom stereocenters. The van der Waals surface area contributed by atoms with Gasteiger partial charge in [-0.1, -0.05) is 38.5 Å². The highest BCUT2D eigenvalue weighted by Gasteiger charge is 2.25. The molecule has 124 valence electrons. The first kappa shape index (κ1) is 22.7. The van der Waals surface area contributed by atoms with E-state index >= 15 is 0 Å². The van der Waals surface area contributed by atoms with Gasteiger partial charge in [-0.3, -0.25) is 0 Å². The Morgan fingerprint density at radius 1 is 0.550 bits per heavy atom. The zero-order chi connectivity index (χ0) is 13.5. The molecule has 4 nitrogen and oxygen atoms in total. The Balaban J connectivity index is 0. The number of hydrogen-bond donors (Lipinski definition) is 4. The van der Waals surface area contributed by atoms with Gasteiger partial charge in [-0.15, -0.1) is 24.8 Å². The number of halogens is 2. The van der Waals surface area contributed by atoms with Crippen LogP contribution < -0.4 is 22.9 Å². The molecule has 0 aromatic heterocycles. The van der Waals surface area contributed by atoms with Crippen LogP contribution in [0.2, 0.25) is 0 Å². The third-order valence-electron chi connectivity index (χ3n) is 4.51. The van der Waals surface area contributed by atoms with Crippen molar-refractivity contribution in [3.63, 3.8) is 0 Å². The minimum absolute atomic E-state index is 0. The lowest BCUT2D eigenvalue weighted by Crippen LogP contribution is -2.48. The van der Waals surface area contributed by atoms with Gasteiger partial charge in [0.25, 0.3) is 0 Å². The quantitative estimate of drug-likeness (QED) is 0.622. The highest BCUT2D eigenvalue weighted by Crippen LogP contribution is 2.24. The summed E-state index contributed by atoms with van der Waals surface area (Å²) in [6, 6.07) is 0. The second kappa shape index (κ2) is 11.0. The standard InChI is InChI=1S/2C7H16N2.2ClH/c2*8-6-7(9)4-2-1-3-5-7;;/h2*1-6,8-9H2;2*1H. The Hall–Kier alpha value is 0.420. The van der Waals surface area contributed by atoms with Crippen molar-refractivity contribution in [2.45, 2.75) is 75.3 Å². The van der Waals surface area contributed by atoms with Crippen LogP contribution in [0.3, 0.4) is 0 Å². The van der Waals surface area contributed by atoms with E-state index in [4.69, 9.17) is 22.9 Å². The fraction of sp³-hybridized carbons (Fsp3) is 1.00. The molecule has 2 fully saturated rings. The molecule has 0 bridgehead atoms. The minimum Gasteiger partial charge on any atom is -0.329 e. The molecule has 2 saturated carbocycles. The summed E-state index contributed by atoms with van der Waals surface area (Å²) in [6.07, 6.45) is 12.3. The van der Waals surface area contributed by atoms with Crippen molar-refractivity contribution in [1.29, 1.82) is 0 Å². The van der Waals surface area contributed by atoms with Crippen LogP contribution in [0.25, 0.3) is 0 Å². The van der Waals surface area contributed by atoms with E-state index in [0.717, 1.165) is 25.7 Å². The van der Waals surface area contributed by atoms with Gasteiger partial charge in [-0.2, -0.15) is 0 Å². The van der Waals surface area contributed by atoms with Gasteiger partial charge < -0.3 is 22.9 Å². The van der Waals surface area contributed by atoms with Crippen LogP contribution in [-0.4, -0.2) is 24.2 Å². The maximum absolute atomic E-state index is 5.93. The molecule has 2 aliphatic rings. The van der Waals surface area contributed by atoms with Crippen LogP contribution in [0, 0.1) is 0 Å². The fourth-order valence-corrected chi connectivity index (χ4v) is 2.92. The van der Waals surface area contributed by atoms with Crippen molar-refractivity contribution in [1.82, 2.24) is 0 Å². The van der Waals surface area contributed by atoms with Crippen molar-refractivity contribution < 1.29 is 0 Å². The smallest absolute Gasteiger partial charge is 0.0278 e. The zero-order valence-corrected chi connectivity index (χ0v) is 14.2. The van der Waals surface area contributed by atoms with Crippen molar-refractivity contribution in [2.24, 2.45) is 22.9 Å². The van der Waals surface area contributed by atoms with Crippen molar-refractivity contribution >= 4 is 24.8 Å². The minimum atomic E-state index is -0.00174. The molecule has 6 heteroatoms. The fourth-order valence-electron chi connectivity index (χ4n) is 2.92. The Kier molecular flexibility index (Phi) is 12.5. The second-order valence-electron chi connectivity index (χ2n) is 6.25. The van der Waals surface area contributed by atoms with Crippen molar-refractivity contribution in [2.75, 3.05) is 13.1 Å². The summed E-state index contributed by atoms with van der Waals surface area (Å²) in [4.78, 5) is 0. The number of rotatable bonds is 2. The molecule has 0 saturated heterocycles. The summed E-state index contributed by atoms with van der Waals surface area (Å²) in [5.41, 5.74) is 22.9. The second-order valence-corrected chi connectivity index (χ2v) is 6.25. The van der Waals surface area contributed by atoms with Gasteiger partial charge in [-0.25, -0.2) is 0 Å². The summed E-state index contributed by atoms with van der Waals surface area (Å²) in [5.74, 6) is 0. The maximum Gasteiger partial charge on any atom is 0.0278 e.